The summed E-state index contributed by atoms with van der Waals surface area (Å²) in [5.41, 5.74) is 1.07. The molecule has 0 bridgehead atoms. The Balaban J connectivity index is 1.73. The highest BCUT2D eigenvalue weighted by Crippen LogP contribution is 2.37. The molecule has 0 spiro atoms. The summed E-state index contributed by atoms with van der Waals surface area (Å²) >= 11 is 8.56. The third kappa shape index (κ3) is 6.42. The molecule has 3 amide bonds. The SMILES string of the molecule is COC(=O)COc1c(I)cc(/C=C2\SC(=O)N(CC(=O)Nc3ccc(Cl)cc3)C2=O)cc1OC. The first-order valence-electron chi connectivity index (χ1n) is 9.59. The van der Waals surface area contributed by atoms with E-state index in [0.717, 1.165) is 16.7 Å². The number of imide groups is 1. The molecule has 1 aliphatic heterocycles. The predicted molar refractivity (Wildman–Crippen MR) is 136 cm³/mol. The Kier molecular flexibility index (Phi) is 8.80. The highest BCUT2D eigenvalue weighted by molar-refractivity contribution is 14.1. The molecule has 2 aromatic rings. The number of carbonyl (C=O) groups is 4. The number of ether oxygens (including phenoxy) is 3. The Morgan fingerprint density at radius 3 is 2.53 bits per heavy atom. The van der Waals surface area contributed by atoms with Crippen molar-refractivity contribution in [3.8, 4) is 11.5 Å². The summed E-state index contributed by atoms with van der Waals surface area (Å²) in [7, 11) is 2.69. The van der Waals surface area contributed by atoms with Crippen LogP contribution in [0.5, 0.6) is 11.5 Å². The molecule has 34 heavy (non-hydrogen) atoms. The van der Waals surface area contributed by atoms with E-state index in [1.807, 2.05) is 22.6 Å². The van der Waals surface area contributed by atoms with Crippen LogP contribution in [0.25, 0.3) is 6.08 Å². The van der Waals surface area contributed by atoms with E-state index in [-0.39, 0.29) is 11.5 Å². The quantitative estimate of drug-likeness (QED) is 0.267. The minimum absolute atomic E-state index is 0.158. The molecule has 12 heteroatoms. The first-order valence-corrected chi connectivity index (χ1v) is 11.9. The number of benzene rings is 2. The maximum Gasteiger partial charge on any atom is 0.343 e. The Bertz CT molecular complexity index is 1170. The molecule has 0 saturated carbocycles. The van der Waals surface area contributed by atoms with Crippen molar-refractivity contribution in [2.45, 2.75) is 0 Å². The number of nitrogens with one attached hydrogen (secondary N) is 1. The average molecular weight is 617 g/mol. The van der Waals surface area contributed by atoms with E-state index in [2.05, 4.69) is 10.1 Å². The lowest BCUT2D eigenvalue weighted by atomic mass is 10.2. The Morgan fingerprint density at radius 2 is 1.88 bits per heavy atom. The van der Waals surface area contributed by atoms with Gasteiger partial charge in [-0.3, -0.25) is 19.3 Å². The van der Waals surface area contributed by atoms with Crippen LogP contribution in [0.15, 0.2) is 41.3 Å². The van der Waals surface area contributed by atoms with Crippen LogP contribution in [0.1, 0.15) is 5.56 Å². The lowest BCUT2D eigenvalue weighted by Gasteiger charge is -2.13. The van der Waals surface area contributed by atoms with Crippen molar-refractivity contribution in [2.75, 3.05) is 32.7 Å². The predicted octanol–water partition coefficient (Wildman–Crippen LogP) is 4.18. The maximum absolute atomic E-state index is 12.8. The second kappa shape index (κ2) is 11.6. The van der Waals surface area contributed by atoms with Crippen LogP contribution < -0.4 is 14.8 Å². The summed E-state index contributed by atoms with van der Waals surface area (Å²) in [5.74, 6) is -0.965. The van der Waals surface area contributed by atoms with Crippen molar-refractivity contribution in [2.24, 2.45) is 0 Å². The smallest absolute Gasteiger partial charge is 0.343 e. The average Bonchev–Trinajstić information content (AvgIpc) is 3.06. The number of halogens is 2. The minimum atomic E-state index is -0.582. The molecule has 178 valence electrons. The number of carbonyl (C=O) groups excluding carboxylic acids is 4. The zero-order chi connectivity index (χ0) is 24.8. The Labute approximate surface area is 217 Å². The van der Waals surface area contributed by atoms with Gasteiger partial charge in [0.1, 0.15) is 6.54 Å². The van der Waals surface area contributed by atoms with Crippen LogP contribution in [0.2, 0.25) is 5.02 Å². The minimum Gasteiger partial charge on any atom is -0.493 e. The zero-order valence-corrected chi connectivity index (χ0v) is 21.7. The molecule has 0 unspecified atom stereocenters. The van der Waals surface area contributed by atoms with Gasteiger partial charge in [-0.25, -0.2) is 4.79 Å². The highest BCUT2D eigenvalue weighted by atomic mass is 127. The van der Waals surface area contributed by atoms with Gasteiger partial charge in [0.2, 0.25) is 5.91 Å². The van der Waals surface area contributed by atoms with Crippen molar-refractivity contribution < 1.29 is 33.4 Å². The summed E-state index contributed by atoms with van der Waals surface area (Å²) in [6, 6.07) is 9.76. The van der Waals surface area contributed by atoms with Gasteiger partial charge in [0, 0.05) is 10.7 Å². The summed E-state index contributed by atoms with van der Waals surface area (Å²) in [5, 5.41) is 2.58. The molecule has 1 N–H and O–H groups in total. The molecular weight excluding hydrogens is 599 g/mol. The Hall–Kier alpha value is -2.77. The molecule has 9 nitrogen and oxygen atoms in total. The fraction of sp³-hybridized carbons (Fsp3) is 0.182. The van der Waals surface area contributed by atoms with Gasteiger partial charge >= 0.3 is 5.97 Å². The van der Waals surface area contributed by atoms with Gasteiger partial charge < -0.3 is 19.5 Å². The van der Waals surface area contributed by atoms with E-state index < -0.39 is 29.6 Å². The first-order chi connectivity index (χ1) is 16.2. The first kappa shape index (κ1) is 25.8. The monoisotopic (exact) mass is 616 g/mol. The van der Waals surface area contributed by atoms with Gasteiger partial charge in [0.15, 0.2) is 18.1 Å². The van der Waals surface area contributed by atoms with E-state index in [9.17, 15) is 19.2 Å². The van der Waals surface area contributed by atoms with E-state index >= 15 is 0 Å². The van der Waals surface area contributed by atoms with E-state index in [4.69, 9.17) is 21.1 Å². The van der Waals surface area contributed by atoms with Crippen LogP contribution in [0.3, 0.4) is 0 Å². The van der Waals surface area contributed by atoms with Gasteiger partial charge in [-0.15, -0.1) is 0 Å². The lowest BCUT2D eigenvalue weighted by molar-refractivity contribution is -0.143. The molecule has 0 atom stereocenters. The molecule has 1 aliphatic rings. The second-order valence-electron chi connectivity index (χ2n) is 6.72. The van der Waals surface area contributed by atoms with E-state index in [1.54, 1.807) is 36.4 Å². The Morgan fingerprint density at radius 1 is 1.18 bits per heavy atom. The lowest BCUT2D eigenvalue weighted by Crippen LogP contribution is -2.36. The van der Waals surface area contributed by atoms with Crippen LogP contribution in [0.4, 0.5) is 10.5 Å². The van der Waals surface area contributed by atoms with Crippen molar-refractivity contribution in [1.29, 1.82) is 0 Å². The van der Waals surface area contributed by atoms with Crippen molar-refractivity contribution in [1.82, 2.24) is 4.90 Å². The third-order valence-electron chi connectivity index (χ3n) is 4.41. The second-order valence-corrected chi connectivity index (χ2v) is 9.31. The number of methoxy groups -OCH3 is 2. The molecular formula is C22H18ClIN2O7S. The molecule has 1 saturated heterocycles. The molecule has 0 aromatic heterocycles. The van der Waals surface area contributed by atoms with Gasteiger partial charge in [-0.2, -0.15) is 0 Å². The normalized spacial score (nSPS) is 14.4. The number of hydrogen-bond donors (Lipinski definition) is 1. The molecule has 0 radical (unpaired) electrons. The fourth-order valence-electron chi connectivity index (χ4n) is 2.82. The summed E-state index contributed by atoms with van der Waals surface area (Å²) in [4.78, 5) is 49.9. The molecule has 2 aromatic carbocycles. The number of thioether (sulfide) groups is 1. The number of hydrogen-bond acceptors (Lipinski definition) is 8. The van der Waals surface area contributed by atoms with Gasteiger partial charge in [-0.1, -0.05) is 11.6 Å². The highest BCUT2D eigenvalue weighted by Gasteiger charge is 2.36. The standard InChI is InChI=1S/C22H18ClIN2O7S/c1-31-16-8-12(7-15(24)20(16)33-11-19(28)32-2)9-17-21(29)26(22(30)34-17)10-18(27)25-14-5-3-13(23)4-6-14/h3-9H,10-11H2,1-2H3,(H,25,27)/b17-9-. The molecule has 1 heterocycles. The summed E-state index contributed by atoms with van der Waals surface area (Å²) in [6.45, 7) is -0.717. The van der Waals surface area contributed by atoms with E-state index in [1.165, 1.54) is 20.3 Å². The number of esters is 1. The summed E-state index contributed by atoms with van der Waals surface area (Å²) in [6.07, 6.45) is 1.52. The van der Waals surface area contributed by atoms with Crippen LogP contribution in [-0.4, -0.2) is 55.3 Å². The largest absolute Gasteiger partial charge is 0.493 e. The van der Waals surface area contributed by atoms with E-state index in [0.29, 0.717) is 31.3 Å². The topological polar surface area (TPSA) is 111 Å². The van der Waals surface area contributed by atoms with Gasteiger partial charge in [0.05, 0.1) is 22.7 Å². The van der Waals surface area contributed by atoms with Crippen LogP contribution >= 0.6 is 46.0 Å². The zero-order valence-electron chi connectivity index (χ0n) is 17.9. The number of rotatable bonds is 8. The molecule has 1 fully saturated rings. The fourth-order valence-corrected chi connectivity index (χ4v) is 4.56. The van der Waals surface area contributed by atoms with Gasteiger partial charge in [-0.05, 0) is 82.4 Å². The number of anilines is 1. The van der Waals surface area contributed by atoms with Crippen molar-refractivity contribution >= 4 is 80.7 Å². The van der Waals surface area contributed by atoms with Crippen LogP contribution in [0, 0.1) is 3.57 Å². The van der Waals surface area contributed by atoms with Crippen molar-refractivity contribution in [3.05, 3.63) is 55.5 Å². The summed E-state index contributed by atoms with van der Waals surface area (Å²) < 4.78 is 16.0. The van der Waals surface area contributed by atoms with Crippen molar-refractivity contribution in [3.63, 3.8) is 0 Å². The third-order valence-corrected chi connectivity index (χ3v) is 6.38. The molecule has 0 aliphatic carbocycles. The number of nitrogens with zero attached hydrogens (tertiary/aromatic N) is 1. The van der Waals surface area contributed by atoms with Crippen LogP contribution in [-0.2, 0) is 19.1 Å². The maximum atomic E-state index is 12.8. The van der Waals surface area contributed by atoms with Gasteiger partial charge in [0.25, 0.3) is 11.1 Å². The number of amides is 3. The molecule has 3 rings (SSSR count).